The highest BCUT2D eigenvalue weighted by Gasteiger charge is 2.58. The summed E-state index contributed by atoms with van der Waals surface area (Å²) in [6, 6.07) is 7.54. The predicted molar refractivity (Wildman–Crippen MR) is 118 cm³/mol. The molecule has 1 heterocycles. The number of imide groups is 1. The molecular formula is C23H29N5O3. The lowest BCUT2D eigenvalue weighted by Gasteiger charge is -2.18. The van der Waals surface area contributed by atoms with E-state index in [-0.39, 0.29) is 41.4 Å². The summed E-state index contributed by atoms with van der Waals surface area (Å²) < 4.78 is 0. The van der Waals surface area contributed by atoms with Crippen molar-refractivity contribution in [3.05, 3.63) is 42.0 Å². The van der Waals surface area contributed by atoms with E-state index in [1.165, 1.54) is 11.8 Å². The zero-order chi connectivity index (χ0) is 22.0. The number of anilines is 1. The number of hydrogen-bond acceptors (Lipinski definition) is 4. The van der Waals surface area contributed by atoms with Gasteiger partial charge in [-0.15, -0.1) is 0 Å². The average molecular weight is 424 g/mol. The Labute approximate surface area is 182 Å². The largest absolute Gasteiger partial charge is 0.357 e. The number of carbonyl (C=O) groups is 3. The molecule has 2 aliphatic carbocycles. The minimum absolute atomic E-state index is 0.0228. The predicted octanol–water partition coefficient (Wildman–Crippen LogP) is 1.51. The maximum Gasteiger partial charge on any atom is 0.233 e. The molecule has 3 N–H and O–H groups in total. The molecule has 1 aromatic rings. The zero-order valence-electron chi connectivity index (χ0n) is 17.9. The fourth-order valence-corrected chi connectivity index (χ4v) is 4.93. The Morgan fingerprint density at radius 1 is 1.13 bits per heavy atom. The van der Waals surface area contributed by atoms with Gasteiger partial charge in [0.15, 0.2) is 5.96 Å². The van der Waals surface area contributed by atoms with Crippen LogP contribution in [0.3, 0.4) is 0 Å². The molecule has 4 atom stereocenters. The van der Waals surface area contributed by atoms with Gasteiger partial charge in [0.1, 0.15) is 0 Å². The van der Waals surface area contributed by atoms with E-state index in [0.29, 0.717) is 32.1 Å². The monoisotopic (exact) mass is 423 g/mol. The number of fused-ring (bicyclic) bond motifs is 5. The number of allylic oxidation sites excluding steroid dienone is 2. The van der Waals surface area contributed by atoms with Crippen LogP contribution in [0.5, 0.6) is 0 Å². The number of guanidine groups is 1. The van der Waals surface area contributed by atoms with E-state index in [1.807, 2.05) is 31.2 Å². The molecule has 1 saturated heterocycles. The fraction of sp³-hybridized carbons (Fsp3) is 0.478. The van der Waals surface area contributed by atoms with E-state index < -0.39 is 0 Å². The molecule has 1 saturated carbocycles. The van der Waals surface area contributed by atoms with Crippen molar-refractivity contribution in [2.45, 2.75) is 26.8 Å². The topological polar surface area (TPSA) is 103 Å². The number of nitrogens with zero attached hydrogens (tertiary/aromatic N) is 2. The number of rotatable bonds is 7. The van der Waals surface area contributed by atoms with Crippen LogP contribution in [0.1, 0.15) is 25.8 Å². The molecule has 31 heavy (non-hydrogen) atoms. The Morgan fingerprint density at radius 3 is 2.48 bits per heavy atom. The molecular weight excluding hydrogens is 394 g/mol. The minimum Gasteiger partial charge on any atom is -0.357 e. The van der Waals surface area contributed by atoms with Crippen molar-refractivity contribution >= 4 is 29.4 Å². The molecule has 4 unspecified atom stereocenters. The third kappa shape index (κ3) is 4.33. The number of nitrogens with one attached hydrogen (secondary N) is 3. The second-order valence-electron chi connectivity index (χ2n) is 8.33. The quantitative estimate of drug-likeness (QED) is 0.267. The molecule has 0 aromatic heterocycles. The van der Waals surface area contributed by atoms with Gasteiger partial charge in [-0.3, -0.25) is 19.3 Å². The van der Waals surface area contributed by atoms with Crippen molar-refractivity contribution in [2.24, 2.45) is 28.7 Å². The van der Waals surface area contributed by atoms with E-state index >= 15 is 0 Å². The number of carbonyl (C=O) groups excluding carboxylic acids is 3. The highest BCUT2D eigenvalue weighted by atomic mass is 16.2. The highest BCUT2D eigenvalue weighted by Crippen LogP contribution is 2.52. The first-order valence-corrected chi connectivity index (χ1v) is 10.9. The van der Waals surface area contributed by atoms with Crippen molar-refractivity contribution in [2.75, 3.05) is 25.0 Å². The van der Waals surface area contributed by atoms with Crippen molar-refractivity contribution in [1.29, 1.82) is 0 Å². The third-order valence-electron chi connectivity index (χ3n) is 6.20. The van der Waals surface area contributed by atoms with Crippen LogP contribution in [0.2, 0.25) is 0 Å². The van der Waals surface area contributed by atoms with Crippen molar-refractivity contribution in [1.82, 2.24) is 15.5 Å². The van der Waals surface area contributed by atoms with Crippen molar-refractivity contribution < 1.29 is 14.4 Å². The number of amides is 3. The van der Waals surface area contributed by atoms with Crippen LogP contribution in [0.4, 0.5) is 5.69 Å². The molecule has 8 heteroatoms. The minimum atomic E-state index is -0.153. The summed E-state index contributed by atoms with van der Waals surface area (Å²) in [5.74, 6) is 0.618. The Morgan fingerprint density at radius 2 is 1.84 bits per heavy atom. The maximum atomic E-state index is 12.8. The number of likely N-dealkylation sites (tertiary alicyclic amines) is 1. The molecule has 1 aliphatic heterocycles. The highest BCUT2D eigenvalue weighted by molar-refractivity contribution is 6.06. The second kappa shape index (κ2) is 8.91. The lowest BCUT2D eigenvalue weighted by molar-refractivity contribution is -0.140. The van der Waals surface area contributed by atoms with Crippen LogP contribution in [-0.4, -0.2) is 48.2 Å². The molecule has 3 aliphatic rings. The van der Waals surface area contributed by atoms with Gasteiger partial charge in [-0.2, -0.15) is 0 Å². The molecule has 164 valence electrons. The molecule has 0 spiro atoms. The van der Waals surface area contributed by atoms with Gasteiger partial charge in [0.05, 0.1) is 18.4 Å². The lowest BCUT2D eigenvalue weighted by Crippen LogP contribution is -2.43. The Kier molecular flexibility index (Phi) is 6.06. The number of benzene rings is 1. The van der Waals surface area contributed by atoms with Gasteiger partial charge in [-0.05, 0) is 42.9 Å². The Hall–Kier alpha value is -3.16. The molecule has 1 aromatic carbocycles. The van der Waals surface area contributed by atoms with Gasteiger partial charge >= 0.3 is 0 Å². The van der Waals surface area contributed by atoms with Gasteiger partial charge in [-0.1, -0.05) is 24.3 Å². The summed E-state index contributed by atoms with van der Waals surface area (Å²) >= 11 is 0. The Balaban J connectivity index is 1.32. The summed E-state index contributed by atoms with van der Waals surface area (Å²) in [5.41, 5.74) is 1.70. The van der Waals surface area contributed by atoms with Gasteiger partial charge < -0.3 is 16.0 Å². The zero-order valence-corrected chi connectivity index (χ0v) is 17.9. The summed E-state index contributed by atoms with van der Waals surface area (Å²) in [6.45, 7) is 5.36. The molecule has 8 nitrogen and oxygen atoms in total. The van der Waals surface area contributed by atoms with Crippen molar-refractivity contribution in [3.8, 4) is 0 Å². The van der Waals surface area contributed by atoms with Gasteiger partial charge in [0, 0.05) is 32.2 Å². The first-order chi connectivity index (χ1) is 15.0. The van der Waals surface area contributed by atoms with E-state index in [1.54, 1.807) is 0 Å². The van der Waals surface area contributed by atoms with Crippen LogP contribution in [0.15, 0.2) is 41.4 Å². The van der Waals surface area contributed by atoms with E-state index in [0.717, 1.165) is 17.7 Å². The normalized spacial score (nSPS) is 26.4. The molecule has 3 amide bonds. The van der Waals surface area contributed by atoms with Crippen LogP contribution >= 0.6 is 0 Å². The number of hydrogen-bond donors (Lipinski definition) is 3. The van der Waals surface area contributed by atoms with E-state index in [2.05, 4.69) is 33.1 Å². The van der Waals surface area contributed by atoms with Gasteiger partial charge in [0.25, 0.3) is 0 Å². The summed E-state index contributed by atoms with van der Waals surface area (Å²) in [5, 5.41) is 9.17. The van der Waals surface area contributed by atoms with Crippen LogP contribution in [-0.2, 0) is 20.9 Å². The first-order valence-electron chi connectivity index (χ1n) is 10.9. The number of aliphatic imine (C=N–C) groups is 1. The standard InChI is InChI=1S/C23H29N5O3/c1-3-24-23(26-13-15-5-4-6-18(11-15)27-14(2)29)25-9-10-28-21(30)19-16-7-8-17(12-16)20(19)22(28)31/h4-8,11,16-17,19-20H,3,9-10,12-13H2,1-2H3,(H,27,29)(H2,24,25,26). The SMILES string of the molecule is CCNC(=NCc1cccc(NC(C)=O)c1)NCCN1C(=O)C2C3C=CC(C3)C2C1=O. The maximum absolute atomic E-state index is 12.8. The smallest absolute Gasteiger partial charge is 0.233 e. The van der Waals surface area contributed by atoms with Crippen LogP contribution in [0.25, 0.3) is 0 Å². The third-order valence-corrected chi connectivity index (χ3v) is 6.20. The van der Waals surface area contributed by atoms with E-state index in [4.69, 9.17) is 0 Å². The summed E-state index contributed by atoms with van der Waals surface area (Å²) in [6.07, 6.45) is 5.16. The second-order valence-corrected chi connectivity index (χ2v) is 8.33. The first kappa shape index (κ1) is 21.1. The lowest BCUT2D eigenvalue weighted by atomic mass is 9.85. The van der Waals surface area contributed by atoms with Crippen LogP contribution < -0.4 is 16.0 Å². The average Bonchev–Trinajstić information content (AvgIpc) is 3.41. The fourth-order valence-electron chi connectivity index (χ4n) is 4.93. The van der Waals surface area contributed by atoms with Crippen LogP contribution in [0, 0.1) is 23.7 Å². The summed E-state index contributed by atoms with van der Waals surface area (Å²) in [7, 11) is 0. The molecule has 4 rings (SSSR count). The summed E-state index contributed by atoms with van der Waals surface area (Å²) in [4.78, 5) is 42.8. The van der Waals surface area contributed by atoms with Crippen molar-refractivity contribution in [3.63, 3.8) is 0 Å². The van der Waals surface area contributed by atoms with E-state index in [9.17, 15) is 14.4 Å². The van der Waals surface area contributed by atoms with Gasteiger partial charge in [0.2, 0.25) is 17.7 Å². The molecule has 2 fully saturated rings. The Bertz CT molecular complexity index is 911. The molecule has 2 bridgehead atoms. The molecule has 0 radical (unpaired) electrons. The van der Waals surface area contributed by atoms with Gasteiger partial charge in [-0.25, -0.2) is 4.99 Å².